The van der Waals surface area contributed by atoms with E-state index in [4.69, 9.17) is 4.74 Å². The van der Waals surface area contributed by atoms with Crippen molar-refractivity contribution >= 4 is 11.9 Å². The van der Waals surface area contributed by atoms with Crippen molar-refractivity contribution in [3.8, 4) is 0 Å². The van der Waals surface area contributed by atoms with Gasteiger partial charge in [-0.2, -0.15) is 0 Å². The average Bonchev–Trinajstić information content (AvgIpc) is 3.46. The van der Waals surface area contributed by atoms with Crippen LogP contribution in [0.4, 0.5) is 0 Å². The standard InChI is InChI=1S/C74H143NO5/c1-3-5-7-9-11-13-15-17-18-41-44-48-52-56-60-64-68-74(79)80-69-65-61-57-53-49-45-42-39-37-35-33-31-29-27-25-23-21-19-20-22-24-26-28-30-32-34-36-38-40-43-47-51-55-59-63-67-73(78)75-71(70-76)72(77)66-62-58-54-50-46-16-14-12-10-8-6-4-2/h21,23,27,29,71-72,76-77H,3-20,22,24-26,28,30-70H2,1-2H3,(H,75,78)/b23-21-,29-27-. The zero-order chi connectivity index (χ0) is 57.8. The first kappa shape index (κ1) is 78.3. The van der Waals surface area contributed by atoms with E-state index in [1.807, 2.05) is 0 Å². The van der Waals surface area contributed by atoms with Gasteiger partial charge < -0.3 is 20.3 Å². The van der Waals surface area contributed by atoms with Crippen LogP contribution in [0.5, 0.6) is 0 Å². The van der Waals surface area contributed by atoms with Gasteiger partial charge in [-0.05, 0) is 57.8 Å². The van der Waals surface area contributed by atoms with E-state index < -0.39 is 12.1 Å². The summed E-state index contributed by atoms with van der Waals surface area (Å²) in [7, 11) is 0. The highest BCUT2D eigenvalue weighted by Gasteiger charge is 2.20. The number of carbonyl (C=O) groups is 2. The van der Waals surface area contributed by atoms with Crippen LogP contribution in [0, 0.1) is 0 Å². The van der Waals surface area contributed by atoms with Crippen molar-refractivity contribution < 1.29 is 24.5 Å². The second-order valence-corrected chi connectivity index (χ2v) is 25.3. The summed E-state index contributed by atoms with van der Waals surface area (Å²) in [6.07, 6.45) is 88.2. The van der Waals surface area contributed by atoms with Crippen molar-refractivity contribution in [1.82, 2.24) is 5.32 Å². The molecule has 0 bridgehead atoms. The molecule has 0 saturated carbocycles. The summed E-state index contributed by atoms with van der Waals surface area (Å²) in [5.74, 6) is -0.0100. The lowest BCUT2D eigenvalue weighted by atomic mass is 10.0. The molecule has 474 valence electrons. The highest BCUT2D eigenvalue weighted by atomic mass is 16.5. The molecule has 0 aromatic heterocycles. The fourth-order valence-electron chi connectivity index (χ4n) is 11.7. The number of ether oxygens (including phenoxy) is 1. The lowest BCUT2D eigenvalue weighted by Crippen LogP contribution is -2.45. The fourth-order valence-corrected chi connectivity index (χ4v) is 11.7. The monoisotopic (exact) mass is 1130 g/mol. The zero-order valence-electron chi connectivity index (χ0n) is 54.3. The van der Waals surface area contributed by atoms with Crippen molar-refractivity contribution in [2.45, 2.75) is 424 Å². The lowest BCUT2D eigenvalue weighted by molar-refractivity contribution is -0.143. The molecule has 0 spiro atoms. The molecule has 0 radical (unpaired) electrons. The smallest absolute Gasteiger partial charge is 0.305 e. The highest BCUT2D eigenvalue weighted by molar-refractivity contribution is 5.76. The number of unbranched alkanes of at least 4 members (excludes halogenated alkanes) is 54. The molecule has 6 heteroatoms. The summed E-state index contributed by atoms with van der Waals surface area (Å²) in [4.78, 5) is 24.6. The number of hydrogen-bond acceptors (Lipinski definition) is 5. The molecular weight excluding hydrogens is 983 g/mol. The molecule has 0 aromatic carbocycles. The third-order valence-corrected chi connectivity index (χ3v) is 17.3. The Labute approximate surface area is 501 Å². The van der Waals surface area contributed by atoms with Crippen LogP contribution in [-0.2, 0) is 14.3 Å². The maximum absolute atomic E-state index is 12.5. The molecule has 1 amide bonds. The van der Waals surface area contributed by atoms with Gasteiger partial charge in [-0.25, -0.2) is 0 Å². The Morgan fingerprint density at radius 2 is 0.625 bits per heavy atom. The Kier molecular flexibility index (Phi) is 68.4. The van der Waals surface area contributed by atoms with Gasteiger partial charge >= 0.3 is 5.97 Å². The summed E-state index contributed by atoms with van der Waals surface area (Å²) >= 11 is 0. The van der Waals surface area contributed by atoms with E-state index in [0.717, 1.165) is 44.9 Å². The molecule has 2 atom stereocenters. The maximum atomic E-state index is 12.5. The molecule has 0 rings (SSSR count). The predicted molar refractivity (Wildman–Crippen MR) is 352 cm³/mol. The van der Waals surface area contributed by atoms with Crippen LogP contribution in [0.25, 0.3) is 0 Å². The van der Waals surface area contributed by atoms with Crippen LogP contribution in [-0.4, -0.2) is 47.4 Å². The SMILES string of the molecule is CCCCCCCCCCCCCCCCCCC(=O)OCCCCCCCCCCCCC/C=C\C/C=C\CCCCCCCCCCCCCCCCCCCC(=O)NC(CO)C(O)CCCCCCCCCCCCCC. The van der Waals surface area contributed by atoms with Crippen LogP contribution in [0.3, 0.4) is 0 Å². The van der Waals surface area contributed by atoms with E-state index >= 15 is 0 Å². The summed E-state index contributed by atoms with van der Waals surface area (Å²) in [6.45, 7) is 4.98. The van der Waals surface area contributed by atoms with Crippen LogP contribution >= 0.6 is 0 Å². The van der Waals surface area contributed by atoms with Gasteiger partial charge in [0.15, 0.2) is 0 Å². The van der Waals surface area contributed by atoms with Gasteiger partial charge in [0.2, 0.25) is 5.91 Å². The Balaban J connectivity index is 3.34. The van der Waals surface area contributed by atoms with E-state index in [2.05, 4.69) is 43.5 Å². The molecule has 0 aliphatic rings. The molecular formula is C74H143NO5. The van der Waals surface area contributed by atoms with E-state index in [-0.39, 0.29) is 18.5 Å². The molecule has 0 heterocycles. The van der Waals surface area contributed by atoms with Crippen molar-refractivity contribution in [1.29, 1.82) is 0 Å². The van der Waals surface area contributed by atoms with E-state index in [0.29, 0.717) is 25.9 Å². The number of carbonyl (C=O) groups excluding carboxylic acids is 2. The van der Waals surface area contributed by atoms with Crippen LogP contribution in [0.1, 0.15) is 412 Å². The molecule has 0 aliphatic heterocycles. The molecule has 6 nitrogen and oxygen atoms in total. The number of amides is 1. The average molecular weight is 1130 g/mol. The maximum Gasteiger partial charge on any atom is 0.305 e. The third-order valence-electron chi connectivity index (χ3n) is 17.3. The van der Waals surface area contributed by atoms with Crippen molar-refractivity contribution in [3.63, 3.8) is 0 Å². The first-order valence-electron chi connectivity index (χ1n) is 36.6. The Morgan fingerprint density at radius 1 is 0.350 bits per heavy atom. The Morgan fingerprint density at radius 3 is 0.950 bits per heavy atom. The van der Waals surface area contributed by atoms with Crippen LogP contribution in [0.2, 0.25) is 0 Å². The number of esters is 1. The predicted octanol–water partition coefficient (Wildman–Crippen LogP) is 23.7. The number of hydrogen-bond donors (Lipinski definition) is 3. The Bertz CT molecular complexity index is 1250. The van der Waals surface area contributed by atoms with Crippen LogP contribution in [0.15, 0.2) is 24.3 Å². The molecule has 0 aromatic rings. The van der Waals surface area contributed by atoms with Crippen molar-refractivity contribution in [2.24, 2.45) is 0 Å². The first-order valence-corrected chi connectivity index (χ1v) is 36.6. The molecule has 2 unspecified atom stereocenters. The molecule has 3 N–H and O–H groups in total. The van der Waals surface area contributed by atoms with E-state index in [9.17, 15) is 19.8 Å². The number of aliphatic hydroxyl groups is 2. The fraction of sp³-hybridized carbons (Fsp3) is 0.919. The Hall–Kier alpha value is -1.66. The molecule has 80 heavy (non-hydrogen) atoms. The summed E-state index contributed by atoms with van der Waals surface area (Å²) in [5.41, 5.74) is 0. The van der Waals surface area contributed by atoms with Gasteiger partial charge in [0.1, 0.15) is 0 Å². The molecule has 0 saturated heterocycles. The molecule has 0 aliphatic carbocycles. The van der Waals surface area contributed by atoms with Gasteiger partial charge in [-0.3, -0.25) is 9.59 Å². The van der Waals surface area contributed by atoms with Gasteiger partial charge in [-0.1, -0.05) is 366 Å². The van der Waals surface area contributed by atoms with E-state index in [1.54, 1.807) is 0 Å². The summed E-state index contributed by atoms with van der Waals surface area (Å²) in [6, 6.07) is -0.538. The minimum absolute atomic E-state index is 0.0209. The minimum atomic E-state index is -0.661. The summed E-state index contributed by atoms with van der Waals surface area (Å²) < 4.78 is 5.50. The topological polar surface area (TPSA) is 95.9 Å². The quantitative estimate of drug-likeness (QED) is 0.0320. The van der Waals surface area contributed by atoms with Gasteiger partial charge in [0, 0.05) is 12.8 Å². The highest BCUT2D eigenvalue weighted by Crippen LogP contribution is 2.19. The largest absolute Gasteiger partial charge is 0.466 e. The number of rotatable bonds is 69. The van der Waals surface area contributed by atoms with Gasteiger partial charge in [0.25, 0.3) is 0 Å². The van der Waals surface area contributed by atoms with Crippen LogP contribution < -0.4 is 5.32 Å². The van der Waals surface area contributed by atoms with Gasteiger partial charge in [0.05, 0.1) is 25.4 Å². The number of aliphatic hydroxyl groups excluding tert-OH is 2. The second kappa shape index (κ2) is 69.8. The molecule has 0 fully saturated rings. The van der Waals surface area contributed by atoms with Crippen molar-refractivity contribution in [2.75, 3.05) is 13.2 Å². The van der Waals surface area contributed by atoms with Gasteiger partial charge in [-0.15, -0.1) is 0 Å². The lowest BCUT2D eigenvalue weighted by Gasteiger charge is -2.22. The zero-order valence-corrected chi connectivity index (χ0v) is 54.3. The van der Waals surface area contributed by atoms with E-state index in [1.165, 1.54) is 334 Å². The number of allylic oxidation sites excluding steroid dienone is 4. The minimum Gasteiger partial charge on any atom is -0.466 e. The normalized spacial score (nSPS) is 12.6. The summed E-state index contributed by atoms with van der Waals surface area (Å²) in [5, 5.41) is 23.3. The third kappa shape index (κ3) is 65.5. The second-order valence-electron chi connectivity index (χ2n) is 25.3. The number of nitrogens with one attached hydrogen (secondary N) is 1. The van der Waals surface area contributed by atoms with Crippen molar-refractivity contribution in [3.05, 3.63) is 24.3 Å². The first-order chi connectivity index (χ1) is 39.5.